The second-order valence-corrected chi connectivity index (χ2v) is 10.6. The first-order valence-electron chi connectivity index (χ1n) is 13.7. The molecule has 2 fully saturated rings. The summed E-state index contributed by atoms with van der Waals surface area (Å²) in [5, 5.41) is 4.47. The van der Waals surface area contributed by atoms with Gasteiger partial charge >= 0.3 is 5.63 Å². The molecule has 4 heterocycles. The van der Waals surface area contributed by atoms with E-state index >= 15 is 0 Å². The lowest BCUT2D eigenvalue weighted by atomic mass is 9.98. The number of nitrogens with zero attached hydrogens (tertiary/aromatic N) is 2. The highest BCUT2D eigenvalue weighted by atomic mass is 16.5. The Hall–Kier alpha value is -3.16. The number of carbonyl (C=O) groups is 1. The monoisotopic (exact) mass is 501 g/mol. The highest BCUT2D eigenvalue weighted by Gasteiger charge is 2.32. The molecule has 3 aromatic rings. The molecular formula is C30H35N3O4. The number of hydrogen-bond donors (Lipinski definition) is 1. The molecule has 194 valence electrons. The number of benzene rings is 2. The van der Waals surface area contributed by atoms with Crippen LogP contribution in [0.5, 0.6) is 5.75 Å². The van der Waals surface area contributed by atoms with Crippen LogP contribution in [0, 0.1) is 0 Å². The Bertz CT molecular complexity index is 1350. The largest absolute Gasteiger partial charge is 0.491 e. The highest BCUT2D eigenvalue weighted by molar-refractivity contribution is 6.15. The zero-order valence-corrected chi connectivity index (χ0v) is 21.5. The molecule has 1 N–H and O–H groups in total. The van der Waals surface area contributed by atoms with Crippen molar-refractivity contribution in [3.05, 3.63) is 69.6 Å². The molecule has 2 bridgehead atoms. The molecule has 0 aliphatic carbocycles. The third kappa shape index (κ3) is 4.78. The fraction of sp³-hybridized carbons (Fsp3) is 0.467. The third-order valence-corrected chi connectivity index (χ3v) is 8.01. The highest BCUT2D eigenvalue weighted by Crippen LogP contribution is 2.35. The number of para-hydroxylation sites is 1. The van der Waals surface area contributed by atoms with Gasteiger partial charge in [0.15, 0.2) is 5.58 Å². The molecule has 0 radical (unpaired) electrons. The van der Waals surface area contributed by atoms with Crippen molar-refractivity contribution in [1.29, 1.82) is 0 Å². The van der Waals surface area contributed by atoms with Crippen molar-refractivity contribution in [3.8, 4) is 5.75 Å². The van der Waals surface area contributed by atoms with Crippen molar-refractivity contribution in [2.75, 3.05) is 37.7 Å². The number of aryl methyl sites for hydroxylation is 2. The van der Waals surface area contributed by atoms with Gasteiger partial charge in [-0.3, -0.25) is 9.69 Å². The molecule has 0 spiro atoms. The van der Waals surface area contributed by atoms with Gasteiger partial charge in [0.25, 0.3) is 5.91 Å². The summed E-state index contributed by atoms with van der Waals surface area (Å²) < 4.78 is 12.1. The first-order chi connectivity index (χ1) is 18.1. The molecule has 2 unspecified atom stereocenters. The average Bonchev–Trinajstić information content (AvgIpc) is 3.25. The number of rotatable bonds is 7. The molecule has 7 nitrogen and oxygen atoms in total. The van der Waals surface area contributed by atoms with E-state index in [0.29, 0.717) is 42.1 Å². The number of carbonyl (C=O) groups excluding carboxylic acids is 1. The van der Waals surface area contributed by atoms with Crippen LogP contribution in [0.2, 0.25) is 0 Å². The number of piperazine rings is 1. The van der Waals surface area contributed by atoms with Crippen molar-refractivity contribution in [2.24, 2.45) is 0 Å². The van der Waals surface area contributed by atoms with Gasteiger partial charge in [-0.25, -0.2) is 4.79 Å². The molecular weight excluding hydrogens is 466 g/mol. The van der Waals surface area contributed by atoms with Crippen LogP contribution in [0.3, 0.4) is 0 Å². The van der Waals surface area contributed by atoms with Gasteiger partial charge in [-0.2, -0.15) is 0 Å². The molecule has 1 amide bonds. The van der Waals surface area contributed by atoms with Gasteiger partial charge in [-0.15, -0.1) is 0 Å². The lowest BCUT2D eigenvalue weighted by Gasteiger charge is -2.32. The van der Waals surface area contributed by atoms with Gasteiger partial charge in [0.1, 0.15) is 17.9 Å². The number of likely N-dealkylation sites (tertiary alicyclic amines) is 1. The van der Waals surface area contributed by atoms with Gasteiger partial charge in [-0.1, -0.05) is 31.5 Å². The lowest BCUT2D eigenvalue weighted by Crippen LogP contribution is -2.51. The Kier molecular flexibility index (Phi) is 6.74. The second-order valence-electron chi connectivity index (χ2n) is 10.6. The van der Waals surface area contributed by atoms with Crippen LogP contribution < -0.4 is 20.6 Å². The molecule has 3 aliphatic heterocycles. The van der Waals surface area contributed by atoms with Crippen LogP contribution >= 0.6 is 0 Å². The molecule has 2 atom stereocenters. The summed E-state index contributed by atoms with van der Waals surface area (Å²) in [6.45, 7) is 6.03. The zero-order chi connectivity index (χ0) is 25.4. The Morgan fingerprint density at radius 2 is 1.95 bits per heavy atom. The number of anilines is 1. The zero-order valence-electron chi connectivity index (χ0n) is 21.5. The Labute approximate surface area is 217 Å². The van der Waals surface area contributed by atoms with Crippen LogP contribution in [0.25, 0.3) is 11.0 Å². The summed E-state index contributed by atoms with van der Waals surface area (Å²) in [5.74, 6) is 0.306. The lowest BCUT2D eigenvalue weighted by molar-refractivity contribution is 0.0980. The van der Waals surface area contributed by atoms with E-state index in [2.05, 4.69) is 23.2 Å². The minimum absolute atomic E-state index is 0.176. The van der Waals surface area contributed by atoms with Gasteiger partial charge in [0.05, 0.1) is 0 Å². The number of amides is 1. The first kappa shape index (κ1) is 24.2. The average molecular weight is 502 g/mol. The minimum Gasteiger partial charge on any atom is -0.491 e. The van der Waals surface area contributed by atoms with E-state index in [-0.39, 0.29) is 5.91 Å². The van der Waals surface area contributed by atoms with Crippen molar-refractivity contribution in [3.63, 3.8) is 0 Å². The van der Waals surface area contributed by atoms with Crippen molar-refractivity contribution in [2.45, 2.75) is 57.5 Å². The van der Waals surface area contributed by atoms with E-state index in [1.165, 1.54) is 12.8 Å². The van der Waals surface area contributed by atoms with E-state index in [0.717, 1.165) is 67.5 Å². The van der Waals surface area contributed by atoms with Gasteiger partial charge in [0.2, 0.25) is 0 Å². The third-order valence-electron chi connectivity index (χ3n) is 8.01. The summed E-state index contributed by atoms with van der Waals surface area (Å²) in [5.41, 5.74) is 3.24. The van der Waals surface area contributed by atoms with Crippen LogP contribution in [-0.4, -0.2) is 55.7 Å². The normalized spacial score (nSPS) is 21.3. The fourth-order valence-electron chi connectivity index (χ4n) is 6.31. The summed E-state index contributed by atoms with van der Waals surface area (Å²) in [6.07, 6.45) is 5.95. The summed E-state index contributed by atoms with van der Waals surface area (Å²) >= 11 is 0. The van der Waals surface area contributed by atoms with E-state index in [1.54, 1.807) is 6.07 Å². The SMILES string of the molecule is CCCc1cc(=O)oc2c(C(=O)N3CCCc4ccccc43)c(OCCN3CC4CCC(C3)N4)ccc12. The quantitative estimate of drug-likeness (QED) is 0.490. The Morgan fingerprint density at radius 1 is 1.14 bits per heavy atom. The van der Waals surface area contributed by atoms with E-state index in [1.807, 2.05) is 35.2 Å². The first-order valence-corrected chi connectivity index (χ1v) is 13.7. The van der Waals surface area contributed by atoms with Crippen LogP contribution in [0.1, 0.15) is 54.1 Å². The van der Waals surface area contributed by atoms with Crippen LogP contribution in [-0.2, 0) is 12.8 Å². The Morgan fingerprint density at radius 3 is 2.76 bits per heavy atom. The maximum absolute atomic E-state index is 14.2. The van der Waals surface area contributed by atoms with Crippen molar-refractivity contribution >= 4 is 22.6 Å². The molecule has 7 heteroatoms. The van der Waals surface area contributed by atoms with Crippen LogP contribution in [0.15, 0.2) is 51.7 Å². The van der Waals surface area contributed by atoms with Crippen molar-refractivity contribution < 1.29 is 13.9 Å². The number of nitrogens with one attached hydrogen (secondary N) is 1. The topological polar surface area (TPSA) is 75.0 Å². The maximum atomic E-state index is 14.2. The predicted molar refractivity (Wildman–Crippen MR) is 145 cm³/mol. The smallest absolute Gasteiger partial charge is 0.336 e. The standard InChI is InChI=1S/C30H35N3O4/c1-2-6-21-17-27(34)37-29-24(21)12-13-26(36-16-15-32-18-22-10-11-23(19-32)31-22)28(29)30(35)33-14-5-8-20-7-3-4-9-25(20)33/h3-4,7,9,12-13,17,22-23,31H,2,5-6,8,10-11,14-16,18-19H2,1H3. The van der Waals surface area contributed by atoms with Gasteiger partial charge in [-0.05, 0) is 61.4 Å². The molecule has 37 heavy (non-hydrogen) atoms. The van der Waals surface area contributed by atoms with Gasteiger partial charge in [0, 0.05) is 55.4 Å². The predicted octanol–water partition coefficient (Wildman–Crippen LogP) is 4.15. The van der Waals surface area contributed by atoms with Crippen molar-refractivity contribution in [1.82, 2.24) is 10.2 Å². The Balaban J connectivity index is 1.35. The second kappa shape index (κ2) is 10.3. The molecule has 0 saturated carbocycles. The van der Waals surface area contributed by atoms with Crippen LogP contribution in [0.4, 0.5) is 5.69 Å². The number of ether oxygens (including phenoxy) is 1. The summed E-state index contributed by atoms with van der Waals surface area (Å²) in [6, 6.07) is 14.6. The van der Waals surface area contributed by atoms with E-state index in [9.17, 15) is 9.59 Å². The molecule has 3 aliphatic rings. The van der Waals surface area contributed by atoms with Gasteiger partial charge < -0.3 is 19.4 Å². The number of fused-ring (bicyclic) bond motifs is 4. The molecule has 2 aromatic carbocycles. The molecule has 1 aromatic heterocycles. The molecule has 6 rings (SSSR count). The fourth-order valence-corrected chi connectivity index (χ4v) is 6.31. The molecule has 2 saturated heterocycles. The van der Waals surface area contributed by atoms with E-state index < -0.39 is 5.63 Å². The van der Waals surface area contributed by atoms with E-state index in [4.69, 9.17) is 9.15 Å². The number of hydrogen-bond acceptors (Lipinski definition) is 6. The minimum atomic E-state index is -0.433. The summed E-state index contributed by atoms with van der Waals surface area (Å²) in [4.78, 5) is 31.1. The maximum Gasteiger partial charge on any atom is 0.336 e. The summed E-state index contributed by atoms with van der Waals surface area (Å²) in [7, 11) is 0.